The van der Waals surface area contributed by atoms with Crippen LogP contribution < -0.4 is 0 Å². The highest BCUT2D eigenvalue weighted by Gasteiger charge is 2.42. The van der Waals surface area contributed by atoms with Crippen LogP contribution in [0.25, 0.3) is 0 Å². The van der Waals surface area contributed by atoms with Crippen LogP contribution in [0.3, 0.4) is 0 Å². The van der Waals surface area contributed by atoms with Gasteiger partial charge in [-0.25, -0.2) is 4.39 Å². The lowest BCUT2D eigenvalue weighted by Gasteiger charge is -2.41. The second-order valence-corrected chi connectivity index (χ2v) is 5.54. The van der Waals surface area contributed by atoms with E-state index in [2.05, 4.69) is 0 Å². The molecule has 0 N–H and O–H groups in total. The average Bonchev–Trinajstić information content (AvgIpc) is 2.46. The van der Waals surface area contributed by atoms with E-state index in [0.29, 0.717) is 0 Å². The summed E-state index contributed by atoms with van der Waals surface area (Å²) in [4.78, 5) is 26.7. The first-order valence-electron chi connectivity index (χ1n) is 6.97. The molecule has 2 rings (SSSR count). The number of piperazine rings is 1. The molecule has 2 amide bonds. The van der Waals surface area contributed by atoms with Gasteiger partial charge in [0.25, 0.3) is 0 Å². The Morgan fingerprint density at radius 1 is 1.09 bits per heavy atom. The highest BCUT2D eigenvalue weighted by molar-refractivity contribution is 5.96. The molecule has 126 valence electrons. The van der Waals surface area contributed by atoms with Crippen molar-refractivity contribution >= 4 is 11.8 Å². The quantitative estimate of drug-likeness (QED) is 0.781. The predicted molar refractivity (Wildman–Crippen MR) is 73.6 cm³/mol. The van der Waals surface area contributed by atoms with Crippen molar-refractivity contribution in [1.82, 2.24) is 9.80 Å². The minimum atomic E-state index is -4.88. The van der Waals surface area contributed by atoms with Gasteiger partial charge in [0, 0.05) is 13.6 Å². The maximum Gasteiger partial charge on any atom is 0.419 e. The lowest BCUT2D eigenvalue weighted by molar-refractivity contribution is -0.159. The molecule has 1 aromatic rings. The maximum absolute atomic E-state index is 13.6. The number of amides is 2. The Hall–Kier alpha value is -2.12. The van der Waals surface area contributed by atoms with Crippen molar-refractivity contribution < 1.29 is 27.2 Å². The molecule has 0 aliphatic carbocycles. The Balaban J connectivity index is 2.41. The number of rotatable bonds is 2. The molecular weight excluding hydrogens is 316 g/mol. The van der Waals surface area contributed by atoms with Crippen LogP contribution in [0.4, 0.5) is 17.6 Å². The SMILES string of the molecule is C[C@H]1C(=O)N(Cc2cccc(F)c2C(F)(F)F)[C@@H](C)C(=O)N1C. The van der Waals surface area contributed by atoms with Gasteiger partial charge in [-0.15, -0.1) is 0 Å². The molecule has 23 heavy (non-hydrogen) atoms. The third kappa shape index (κ3) is 3.02. The van der Waals surface area contributed by atoms with Crippen molar-refractivity contribution in [3.63, 3.8) is 0 Å². The van der Waals surface area contributed by atoms with Crippen molar-refractivity contribution in [1.29, 1.82) is 0 Å². The molecule has 0 unspecified atom stereocenters. The van der Waals surface area contributed by atoms with E-state index in [1.165, 1.54) is 25.8 Å². The minimum absolute atomic E-state index is 0.373. The molecule has 0 aromatic heterocycles. The first kappa shape index (κ1) is 17.2. The molecule has 1 aromatic carbocycles. The van der Waals surface area contributed by atoms with Gasteiger partial charge in [0.05, 0.1) is 5.56 Å². The number of carbonyl (C=O) groups is 2. The molecule has 0 bridgehead atoms. The van der Waals surface area contributed by atoms with Crippen molar-refractivity contribution in [2.45, 2.75) is 38.7 Å². The zero-order valence-corrected chi connectivity index (χ0v) is 12.8. The van der Waals surface area contributed by atoms with E-state index in [0.717, 1.165) is 23.1 Å². The Kier molecular flexibility index (Phi) is 4.37. The molecule has 8 heteroatoms. The molecule has 1 fully saturated rings. The van der Waals surface area contributed by atoms with E-state index in [1.54, 1.807) is 0 Å². The molecule has 4 nitrogen and oxygen atoms in total. The summed E-state index contributed by atoms with van der Waals surface area (Å²) in [5.41, 5.74) is -1.78. The van der Waals surface area contributed by atoms with Crippen LogP contribution >= 0.6 is 0 Å². The molecule has 0 saturated carbocycles. The zero-order chi connectivity index (χ0) is 17.5. The predicted octanol–water partition coefficient (Wildman–Crippen LogP) is 2.42. The number of carbonyl (C=O) groups excluding carboxylic acids is 2. The summed E-state index contributed by atoms with van der Waals surface area (Å²) < 4.78 is 52.8. The fraction of sp³-hybridized carbons (Fsp3) is 0.467. The third-order valence-electron chi connectivity index (χ3n) is 4.12. The number of likely N-dealkylation sites (N-methyl/N-ethyl adjacent to an activating group) is 1. The summed E-state index contributed by atoms with van der Waals surface area (Å²) in [5, 5.41) is 0. The maximum atomic E-state index is 13.6. The second kappa shape index (κ2) is 5.82. The topological polar surface area (TPSA) is 40.6 Å². The fourth-order valence-corrected chi connectivity index (χ4v) is 2.63. The van der Waals surface area contributed by atoms with E-state index in [-0.39, 0.29) is 11.5 Å². The summed E-state index contributed by atoms with van der Waals surface area (Å²) >= 11 is 0. The molecule has 1 aliphatic rings. The summed E-state index contributed by atoms with van der Waals surface area (Å²) in [6.45, 7) is 2.46. The van der Waals surface area contributed by atoms with Crippen molar-refractivity contribution in [2.24, 2.45) is 0 Å². The Morgan fingerprint density at radius 2 is 1.70 bits per heavy atom. The van der Waals surface area contributed by atoms with Crippen LogP contribution in [-0.2, 0) is 22.3 Å². The van der Waals surface area contributed by atoms with Crippen molar-refractivity contribution in [3.05, 3.63) is 35.1 Å². The number of nitrogens with zero attached hydrogens (tertiary/aromatic N) is 2. The smallest absolute Gasteiger partial charge is 0.332 e. The van der Waals surface area contributed by atoms with Gasteiger partial charge >= 0.3 is 6.18 Å². The number of halogens is 4. The van der Waals surface area contributed by atoms with Crippen LogP contribution in [-0.4, -0.2) is 40.7 Å². The molecule has 0 spiro atoms. The average molecular weight is 332 g/mol. The van der Waals surface area contributed by atoms with E-state index in [1.807, 2.05) is 0 Å². The molecular formula is C15H16F4N2O2. The normalized spacial score (nSPS) is 22.7. The highest BCUT2D eigenvalue weighted by atomic mass is 19.4. The Labute approximate surface area is 130 Å². The number of alkyl halides is 3. The summed E-state index contributed by atoms with van der Waals surface area (Å²) in [5.74, 6) is -2.25. The lowest BCUT2D eigenvalue weighted by atomic mass is 10.0. The van der Waals surface area contributed by atoms with E-state index < -0.39 is 42.1 Å². The molecule has 1 saturated heterocycles. The first-order valence-corrected chi connectivity index (χ1v) is 6.97. The zero-order valence-electron chi connectivity index (χ0n) is 12.8. The van der Waals surface area contributed by atoms with E-state index in [4.69, 9.17) is 0 Å². The molecule has 2 atom stereocenters. The van der Waals surface area contributed by atoms with Gasteiger partial charge in [0.15, 0.2) is 0 Å². The van der Waals surface area contributed by atoms with Crippen molar-refractivity contribution in [3.8, 4) is 0 Å². The van der Waals surface area contributed by atoms with Gasteiger partial charge in [0.1, 0.15) is 17.9 Å². The van der Waals surface area contributed by atoms with Gasteiger partial charge in [-0.05, 0) is 25.5 Å². The fourth-order valence-electron chi connectivity index (χ4n) is 2.63. The summed E-state index contributed by atoms with van der Waals surface area (Å²) in [6, 6.07) is 1.29. The first-order chi connectivity index (χ1) is 10.6. The second-order valence-electron chi connectivity index (χ2n) is 5.54. The van der Waals surface area contributed by atoms with Gasteiger partial charge in [-0.1, -0.05) is 12.1 Å². The Bertz CT molecular complexity index is 645. The van der Waals surface area contributed by atoms with Crippen LogP contribution in [0.15, 0.2) is 18.2 Å². The number of benzene rings is 1. The monoisotopic (exact) mass is 332 g/mol. The molecule has 1 heterocycles. The van der Waals surface area contributed by atoms with Crippen LogP contribution in [0, 0.1) is 5.82 Å². The highest BCUT2D eigenvalue weighted by Crippen LogP contribution is 2.35. The summed E-state index contributed by atoms with van der Waals surface area (Å²) in [6.07, 6.45) is -4.88. The van der Waals surface area contributed by atoms with Crippen LogP contribution in [0.5, 0.6) is 0 Å². The molecule has 0 radical (unpaired) electrons. The van der Waals surface area contributed by atoms with Gasteiger partial charge in [-0.2, -0.15) is 13.2 Å². The standard InChI is InChI=1S/C15H16F4N2O2/c1-8-14(23)21(9(2)13(22)20(8)3)7-10-5-4-6-11(16)12(10)15(17,18)19/h4-6,8-9H,7H2,1-3H3/t8-,9-/m0/s1. The Morgan fingerprint density at radius 3 is 2.26 bits per heavy atom. The largest absolute Gasteiger partial charge is 0.419 e. The van der Waals surface area contributed by atoms with Crippen LogP contribution in [0.2, 0.25) is 0 Å². The third-order valence-corrected chi connectivity index (χ3v) is 4.12. The molecule has 1 aliphatic heterocycles. The van der Waals surface area contributed by atoms with Crippen molar-refractivity contribution in [2.75, 3.05) is 7.05 Å². The van der Waals surface area contributed by atoms with E-state index >= 15 is 0 Å². The minimum Gasteiger partial charge on any atom is -0.332 e. The van der Waals surface area contributed by atoms with Gasteiger partial charge in [0.2, 0.25) is 11.8 Å². The lowest BCUT2D eigenvalue weighted by Crippen LogP contribution is -2.61. The number of hydrogen-bond donors (Lipinski definition) is 0. The van der Waals surface area contributed by atoms with E-state index in [9.17, 15) is 27.2 Å². The summed E-state index contributed by atoms with van der Waals surface area (Å²) in [7, 11) is 1.46. The van der Waals surface area contributed by atoms with Crippen LogP contribution in [0.1, 0.15) is 25.0 Å². The van der Waals surface area contributed by atoms with Gasteiger partial charge in [-0.3, -0.25) is 9.59 Å². The number of hydrogen-bond acceptors (Lipinski definition) is 2. The van der Waals surface area contributed by atoms with Gasteiger partial charge < -0.3 is 9.80 Å².